The summed E-state index contributed by atoms with van der Waals surface area (Å²) >= 11 is 5.74. The van der Waals surface area contributed by atoms with Gasteiger partial charge in [-0.15, -0.1) is 0 Å². The number of ether oxygens (including phenoxy) is 1. The van der Waals surface area contributed by atoms with Crippen molar-refractivity contribution in [1.82, 2.24) is 15.0 Å². The highest BCUT2D eigenvalue weighted by molar-refractivity contribution is 6.28. The third kappa shape index (κ3) is 2.66. The monoisotopic (exact) mass is 229 g/mol. The van der Waals surface area contributed by atoms with Crippen LogP contribution in [0.15, 0.2) is 0 Å². The molecule has 1 unspecified atom stereocenters. The third-order valence-corrected chi connectivity index (χ3v) is 2.26. The number of hydrogen-bond donors (Lipinski definition) is 2. The van der Waals surface area contributed by atoms with Gasteiger partial charge in [-0.25, -0.2) is 0 Å². The fourth-order valence-electron chi connectivity index (χ4n) is 1.36. The van der Waals surface area contributed by atoms with Gasteiger partial charge in [0.15, 0.2) is 0 Å². The molecule has 1 fully saturated rings. The van der Waals surface area contributed by atoms with Gasteiger partial charge >= 0.3 is 0 Å². The standard InChI is InChI=1S/C8H12ClN5O/c1-10-7-12-6(9)13-8(14-7)11-5-2-3-15-4-5/h5H,2-4H2,1H3,(H2,10,11,12,13,14). The second kappa shape index (κ2) is 4.59. The molecule has 1 aliphatic heterocycles. The lowest BCUT2D eigenvalue weighted by Gasteiger charge is -2.10. The molecule has 1 aromatic rings. The molecule has 2 rings (SSSR count). The molecule has 2 heterocycles. The molecule has 0 amide bonds. The molecule has 0 bridgehead atoms. The van der Waals surface area contributed by atoms with E-state index < -0.39 is 0 Å². The molecule has 1 atom stereocenters. The van der Waals surface area contributed by atoms with Gasteiger partial charge in [0.25, 0.3) is 0 Å². The molecule has 7 heteroatoms. The van der Waals surface area contributed by atoms with Gasteiger partial charge in [-0.2, -0.15) is 15.0 Å². The Hall–Kier alpha value is -1.14. The van der Waals surface area contributed by atoms with Crippen LogP contribution >= 0.6 is 11.6 Å². The van der Waals surface area contributed by atoms with E-state index in [1.807, 2.05) is 0 Å². The first-order chi connectivity index (χ1) is 7.28. The first kappa shape index (κ1) is 10.4. The zero-order valence-corrected chi connectivity index (χ0v) is 9.08. The Balaban J connectivity index is 2.09. The fraction of sp³-hybridized carbons (Fsp3) is 0.625. The van der Waals surface area contributed by atoms with E-state index in [1.54, 1.807) is 7.05 Å². The average molecular weight is 230 g/mol. The molecule has 0 saturated carbocycles. The van der Waals surface area contributed by atoms with Crippen LogP contribution in [0.5, 0.6) is 0 Å². The molecule has 15 heavy (non-hydrogen) atoms. The summed E-state index contributed by atoms with van der Waals surface area (Å²) in [6, 6.07) is 0.258. The highest BCUT2D eigenvalue weighted by Gasteiger charge is 2.16. The second-order valence-electron chi connectivity index (χ2n) is 3.21. The number of aromatic nitrogens is 3. The summed E-state index contributed by atoms with van der Waals surface area (Å²) in [4.78, 5) is 12.0. The molecular weight excluding hydrogens is 218 g/mol. The van der Waals surface area contributed by atoms with Crippen molar-refractivity contribution in [2.45, 2.75) is 12.5 Å². The van der Waals surface area contributed by atoms with Crippen LogP contribution in [0.3, 0.4) is 0 Å². The SMILES string of the molecule is CNc1nc(Cl)nc(NC2CCOC2)n1. The van der Waals surface area contributed by atoms with Crippen LogP contribution in [-0.4, -0.2) is 41.3 Å². The molecule has 0 aromatic carbocycles. The van der Waals surface area contributed by atoms with Crippen molar-refractivity contribution >= 4 is 23.5 Å². The smallest absolute Gasteiger partial charge is 0.229 e. The van der Waals surface area contributed by atoms with Gasteiger partial charge in [0.2, 0.25) is 17.2 Å². The summed E-state index contributed by atoms with van der Waals surface area (Å²) in [5.41, 5.74) is 0. The number of halogens is 1. The molecule has 82 valence electrons. The number of rotatable bonds is 3. The highest BCUT2D eigenvalue weighted by Crippen LogP contribution is 2.13. The normalized spacial score (nSPS) is 20.3. The number of nitrogens with zero attached hydrogens (tertiary/aromatic N) is 3. The molecule has 0 aliphatic carbocycles. The Morgan fingerprint density at radius 3 is 2.80 bits per heavy atom. The van der Waals surface area contributed by atoms with E-state index in [-0.39, 0.29) is 11.3 Å². The summed E-state index contributed by atoms with van der Waals surface area (Å²) in [6.45, 7) is 1.45. The molecule has 1 aromatic heterocycles. The Labute approximate surface area is 92.4 Å². The van der Waals surface area contributed by atoms with E-state index in [0.717, 1.165) is 13.0 Å². The third-order valence-electron chi connectivity index (χ3n) is 2.09. The van der Waals surface area contributed by atoms with E-state index in [2.05, 4.69) is 25.6 Å². The van der Waals surface area contributed by atoms with E-state index in [1.165, 1.54) is 0 Å². The van der Waals surface area contributed by atoms with Gasteiger partial charge in [-0.1, -0.05) is 0 Å². The van der Waals surface area contributed by atoms with Crippen molar-refractivity contribution < 1.29 is 4.74 Å². The van der Waals surface area contributed by atoms with Crippen molar-refractivity contribution in [2.24, 2.45) is 0 Å². The topological polar surface area (TPSA) is 72.0 Å². The Morgan fingerprint density at radius 1 is 1.33 bits per heavy atom. The zero-order valence-electron chi connectivity index (χ0n) is 8.33. The van der Waals surface area contributed by atoms with Crippen molar-refractivity contribution in [3.8, 4) is 0 Å². The van der Waals surface area contributed by atoms with Gasteiger partial charge in [0.05, 0.1) is 12.6 Å². The zero-order chi connectivity index (χ0) is 10.7. The van der Waals surface area contributed by atoms with Crippen LogP contribution in [0, 0.1) is 0 Å². The fourth-order valence-corrected chi connectivity index (χ4v) is 1.52. The Morgan fingerprint density at radius 2 is 2.13 bits per heavy atom. The van der Waals surface area contributed by atoms with Crippen molar-refractivity contribution in [2.75, 3.05) is 30.9 Å². The summed E-state index contributed by atoms with van der Waals surface area (Å²) in [6.07, 6.45) is 0.957. The van der Waals surface area contributed by atoms with Crippen LogP contribution in [0.4, 0.5) is 11.9 Å². The average Bonchev–Trinajstić information content (AvgIpc) is 2.69. The summed E-state index contributed by atoms with van der Waals surface area (Å²) in [5.74, 6) is 0.936. The molecular formula is C8H12ClN5O. The lowest BCUT2D eigenvalue weighted by molar-refractivity contribution is 0.195. The second-order valence-corrected chi connectivity index (χ2v) is 3.54. The van der Waals surface area contributed by atoms with E-state index in [0.29, 0.717) is 18.5 Å². The highest BCUT2D eigenvalue weighted by atomic mass is 35.5. The number of hydrogen-bond acceptors (Lipinski definition) is 6. The molecule has 2 N–H and O–H groups in total. The van der Waals surface area contributed by atoms with Gasteiger partial charge in [-0.05, 0) is 18.0 Å². The summed E-state index contributed by atoms with van der Waals surface area (Å²) in [7, 11) is 1.73. The van der Waals surface area contributed by atoms with E-state index in [4.69, 9.17) is 16.3 Å². The molecule has 6 nitrogen and oxygen atoms in total. The lowest BCUT2D eigenvalue weighted by atomic mass is 10.3. The quantitative estimate of drug-likeness (QED) is 0.798. The maximum Gasteiger partial charge on any atom is 0.229 e. The van der Waals surface area contributed by atoms with E-state index in [9.17, 15) is 0 Å². The van der Waals surface area contributed by atoms with Gasteiger partial charge in [0.1, 0.15) is 0 Å². The maximum atomic E-state index is 5.74. The predicted octanol–water partition coefficient (Wildman–Crippen LogP) is 0.767. The molecule has 1 aliphatic rings. The molecule has 0 radical (unpaired) electrons. The summed E-state index contributed by atoms with van der Waals surface area (Å²) in [5, 5.41) is 6.14. The van der Waals surface area contributed by atoms with Crippen molar-refractivity contribution in [3.05, 3.63) is 5.28 Å². The van der Waals surface area contributed by atoms with Gasteiger partial charge in [0, 0.05) is 13.7 Å². The first-order valence-electron chi connectivity index (χ1n) is 4.71. The van der Waals surface area contributed by atoms with Gasteiger partial charge < -0.3 is 15.4 Å². The van der Waals surface area contributed by atoms with Crippen molar-refractivity contribution in [3.63, 3.8) is 0 Å². The minimum atomic E-state index is 0.177. The van der Waals surface area contributed by atoms with Crippen LogP contribution in [0.2, 0.25) is 5.28 Å². The largest absolute Gasteiger partial charge is 0.379 e. The number of anilines is 2. The predicted molar refractivity (Wildman–Crippen MR) is 57.2 cm³/mol. The Bertz CT molecular complexity index is 342. The van der Waals surface area contributed by atoms with Crippen molar-refractivity contribution in [1.29, 1.82) is 0 Å². The van der Waals surface area contributed by atoms with Crippen LogP contribution in [-0.2, 0) is 4.74 Å². The number of nitrogens with one attached hydrogen (secondary N) is 2. The molecule has 1 saturated heterocycles. The lowest BCUT2D eigenvalue weighted by Crippen LogP contribution is -2.21. The van der Waals surface area contributed by atoms with E-state index >= 15 is 0 Å². The molecule has 0 spiro atoms. The van der Waals surface area contributed by atoms with Crippen LogP contribution in [0.25, 0.3) is 0 Å². The maximum absolute atomic E-state index is 5.74. The van der Waals surface area contributed by atoms with Gasteiger partial charge in [-0.3, -0.25) is 0 Å². The minimum absolute atomic E-state index is 0.177. The Kier molecular flexibility index (Phi) is 3.17. The minimum Gasteiger partial charge on any atom is -0.379 e. The van der Waals surface area contributed by atoms with Crippen LogP contribution in [0.1, 0.15) is 6.42 Å². The first-order valence-corrected chi connectivity index (χ1v) is 5.09. The summed E-state index contributed by atoms with van der Waals surface area (Å²) < 4.78 is 5.23. The van der Waals surface area contributed by atoms with Crippen LogP contribution < -0.4 is 10.6 Å².